The number of amides is 2. The number of halogens is 1. The van der Waals surface area contributed by atoms with Crippen molar-refractivity contribution in [2.45, 2.75) is 59.0 Å². The van der Waals surface area contributed by atoms with Crippen molar-refractivity contribution in [3.63, 3.8) is 0 Å². The highest BCUT2D eigenvalue weighted by Gasteiger charge is 2.28. The molecule has 0 aliphatic rings. The van der Waals surface area contributed by atoms with Gasteiger partial charge in [0.15, 0.2) is 0 Å². The van der Waals surface area contributed by atoms with Crippen molar-refractivity contribution >= 4 is 23.4 Å². The molecule has 0 bridgehead atoms. The van der Waals surface area contributed by atoms with Gasteiger partial charge in [-0.25, -0.2) is 0 Å². The Morgan fingerprint density at radius 3 is 2.43 bits per heavy atom. The molecule has 1 N–H and O–H groups in total. The minimum Gasteiger partial charge on any atom is -0.354 e. The lowest BCUT2D eigenvalue weighted by atomic mass is 10.1. The van der Waals surface area contributed by atoms with Crippen LogP contribution in [0.15, 0.2) is 24.3 Å². The number of nitrogens with zero attached hydrogens (tertiary/aromatic N) is 1. The molecule has 0 spiro atoms. The van der Waals surface area contributed by atoms with Gasteiger partial charge in [0.1, 0.15) is 6.04 Å². The molecule has 1 rings (SSSR count). The summed E-state index contributed by atoms with van der Waals surface area (Å²) in [5.74, 6) is -0.100. The van der Waals surface area contributed by atoms with E-state index in [-0.39, 0.29) is 11.8 Å². The molecule has 0 saturated carbocycles. The molecule has 1 atom stereocenters. The molecule has 4 nitrogen and oxygen atoms in total. The monoisotopic (exact) mass is 338 g/mol. The van der Waals surface area contributed by atoms with E-state index in [1.807, 2.05) is 39.0 Å². The number of carbonyl (C=O) groups is 2. The van der Waals surface area contributed by atoms with Crippen molar-refractivity contribution in [1.82, 2.24) is 10.2 Å². The molecule has 0 aromatic heterocycles. The first-order chi connectivity index (χ1) is 11.0. The van der Waals surface area contributed by atoms with Gasteiger partial charge in [-0.1, -0.05) is 50.6 Å². The van der Waals surface area contributed by atoms with Crippen LogP contribution in [-0.4, -0.2) is 29.3 Å². The molecule has 5 heteroatoms. The molecule has 0 radical (unpaired) electrons. The highest BCUT2D eigenvalue weighted by Crippen LogP contribution is 2.20. The van der Waals surface area contributed by atoms with Crippen LogP contribution in [0, 0.1) is 0 Å². The van der Waals surface area contributed by atoms with E-state index in [1.54, 1.807) is 11.0 Å². The normalized spacial score (nSPS) is 11.8. The summed E-state index contributed by atoms with van der Waals surface area (Å²) in [5, 5.41) is 3.51. The molecule has 1 aromatic rings. The van der Waals surface area contributed by atoms with E-state index in [9.17, 15) is 9.59 Å². The number of hydrogen-bond acceptors (Lipinski definition) is 2. The van der Waals surface area contributed by atoms with Crippen molar-refractivity contribution in [3.8, 4) is 0 Å². The van der Waals surface area contributed by atoms with Crippen LogP contribution < -0.4 is 5.32 Å². The van der Waals surface area contributed by atoms with Gasteiger partial charge in [-0.15, -0.1) is 0 Å². The maximum Gasteiger partial charge on any atom is 0.242 e. The molecular weight excluding hydrogens is 312 g/mol. The van der Waals surface area contributed by atoms with Gasteiger partial charge in [-0.3, -0.25) is 9.59 Å². The summed E-state index contributed by atoms with van der Waals surface area (Å²) in [4.78, 5) is 26.6. The predicted octanol–water partition coefficient (Wildman–Crippen LogP) is 3.77. The number of benzene rings is 1. The largest absolute Gasteiger partial charge is 0.354 e. The van der Waals surface area contributed by atoms with Crippen molar-refractivity contribution in [3.05, 3.63) is 34.9 Å². The fraction of sp³-hybridized carbons (Fsp3) is 0.556. The third-order valence-corrected chi connectivity index (χ3v) is 4.07. The van der Waals surface area contributed by atoms with Gasteiger partial charge >= 0.3 is 0 Å². The number of carbonyl (C=O) groups excluding carboxylic acids is 2. The van der Waals surface area contributed by atoms with E-state index in [1.165, 1.54) is 0 Å². The molecular formula is C18H27ClN2O2. The molecule has 128 valence electrons. The van der Waals surface area contributed by atoms with E-state index in [0.717, 1.165) is 18.4 Å². The van der Waals surface area contributed by atoms with Crippen molar-refractivity contribution in [1.29, 1.82) is 0 Å². The van der Waals surface area contributed by atoms with Gasteiger partial charge in [0.05, 0.1) is 0 Å². The Morgan fingerprint density at radius 1 is 1.17 bits per heavy atom. The zero-order valence-electron chi connectivity index (χ0n) is 14.3. The molecule has 0 aliphatic heterocycles. The van der Waals surface area contributed by atoms with E-state index in [0.29, 0.717) is 31.0 Å². The Balaban J connectivity index is 3.00. The molecule has 0 heterocycles. The second kappa shape index (κ2) is 10.3. The second-order valence-corrected chi connectivity index (χ2v) is 5.99. The van der Waals surface area contributed by atoms with E-state index in [4.69, 9.17) is 11.6 Å². The molecule has 23 heavy (non-hydrogen) atoms. The molecule has 0 unspecified atom stereocenters. The summed E-state index contributed by atoms with van der Waals surface area (Å²) >= 11 is 6.22. The summed E-state index contributed by atoms with van der Waals surface area (Å²) < 4.78 is 0. The van der Waals surface area contributed by atoms with Crippen LogP contribution in [0.2, 0.25) is 5.02 Å². The van der Waals surface area contributed by atoms with Crippen LogP contribution in [0.25, 0.3) is 0 Å². The zero-order valence-corrected chi connectivity index (χ0v) is 15.0. The van der Waals surface area contributed by atoms with Gasteiger partial charge in [0.25, 0.3) is 0 Å². The fourth-order valence-corrected chi connectivity index (χ4v) is 2.65. The Morgan fingerprint density at radius 2 is 1.87 bits per heavy atom. The highest BCUT2D eigenvalue weighted by molar-refractivity contribution is 6.31. The van der Waals surface area contributed by atoms with Crippen molar-refractivity contribution in [2.75, 3.05) is 6.54 Å². The molecule has 2 amide bonds. The quantitative estimate of drug-likeness (QED) is 0.745. The molecule has 1 aromatic carbocycles. The Kier molecular flexibility index (Phi) is 8.70. The third kappa shape index (κ3) is 5.87. The number of nitrogens with one attached hydrogen (secondary N) is 1. The fourth-order valence-electron chi connectivity index (χ4n) is 2.45. The second-order valence-electron chi connectivity index (χ2n) is 5.58. The highest BCUT2D eigenvalue weighted by atomic mass is 35.5. The molecule has 0 aliphatic carbocycles. The van der Waals surface area contributed by atoms with Crippen LogP contribution in [0.5, 0.6) is 0 Å². The minimum atomic E-state index is -0.461. The first-order valence-electron chi connectivity index (χ1n) is 8.35. The number of rotatable bonds is 9. The zero-order chi connectivity index (χ0) is 17.2. The van der Waals surface area contributed by atoms with E-state index < -0.39 is 6.04 Å². The molecule has 0 fully saturated rings. The lowest BCUT2D eigenvalue weighted by Gasteiger charge is -2.31. The van der Waals surface area contributed by atoms with Gasteiger partial charge in [-0.2, -0.15) is 0 Å². The van der Waals surface area contributed by atoms with Crippen LogP contribution in [0.4, 0.5) is 0 Å². The minimum absolute atomic E-state index is 0.00841. The molecule has 0 saturated heterocycles. The van der Waals surface area contributed by atoms with E-state index >= 15 is 0 Å². The Hall–Kier alpha value is -1.55. The summed E-state index contributed by atoms with van der Waals surface area (Å²) in [5.41, 5.74) is 0.861. The summed E-state index contributed by atoms with van der Waals surface area (Å²) in [7, 11) is 0. The Labute approximate surface area is 144 Å². The first-order valence-corrected chi connectivity index (χ1v) is 8.73. The number of hydrogen-bond donors (Lipinski definition) is 1. The van der Waals surface area contributed by atoms with Crippen LogP contribution in [0.3, 0.4) is 0 Å². The lowest BCUT2D eigenvalue weighted by Crippen LogP contribution is -2.49. The van der Waals surface area contributed by atoms with E-state index in [2.05, 4.69) is 5.32 Å². The average molecular weight is 339 g/mol. The van der Waals surface area contributed by atoms with Crippen molar-refractivity contribution in [2.24, 2.45) is 0 Å². The van der Waals surface area contributed by atoms with Crippen LogP contribution in [-0.2, 0) is 16.1 Å². The van der Waals surface area contributed by atoms with Gasteiger partial charge in [0.2, 0.25) is 11.8 Å². The van der Waals surface area contributed by atoms with Gasteiger partial charge in [-0.05, 0) is 30.9 Å². The standard InChI is InChI=1S/C18H27ClN2O2/c1-4-9-17(22)21(13-14-10-7-8-11-15(14)19)16(6-3)18(23)20-12-5-2/h7-8,10-11,16H,4-6,9,12-13H2,1-3H3,(H,20,23)/t16-/m1/s1. The average Bonchev–Trinajstić information content (AvgIpc) is 2.54. The smallest absolute Gasteiger partial charge is 0.242 e. The topological polar surface area (TPSA) is 49.4 Å². The predicted molar refractivity (Wildman–Crippen MR) is 94.3 cm³/mol. The van der Waals surface area contributed by atoms with Gasteiger partial charge < -0.3 is 10.2 Å². The lowest BCUT2D eigenvalue weighted by molar-refractivity contribution is -0.141. The van der Waals surface area contributed by atoms with Crippen LogP contribution >= 0.6 is 11.6 Å². The third-order valence-electron chi connectivity index (χ3n) is 3.70. The van der Waals surface area contributed by atoms with Crippen molar-refractivity contribution < 1.29 is 9.59 Å². The maximum atomic E-state index is 12.5. The first kappa shape index (κ1) is 19.5. The maximum absolute atomic E-state index is 12.5. The summed E-state index contributed by atoms with van der Waals surface area (Å²) in [6.07, 6.45) is 2.64. The summed E-state index contributed by atoms with van der Waals surface area (Å²) in [6.45, 7) is 6.87. The SMILES string of the molecule is CCCNC(=O)[C@@H](CC)N(Cc1ccccc1Cl)C(=O)CCC. The Bertz CT molecular complexity index is 519. The summed E-state index contributed by atoms with van der Waals surface area (Å²) in [6, 6.07) is 6.98. The van der Waals surface area contributed by atoms with Gasteiger partial charge in [0, 0.05) is 24.5 Å². The van der Waals surface area contributed by atoms with Crippen LogP contribution in [0.1, 0.15) is 52.0 Å².